The molecule has 0 aliphatic carbocycles. The van der Waals surface area contributed by atoms with Crippen LogP contribution >= 0.6 is 27.5 Å². The molecule has 2 aromatic carbocycles. The molecule has 2 nitrogen and oxygen atoms in total. The lowest BCUT2D eigenvalue weighted by molar-refractivity contribution is 0.631. The summed E-state index contributed by atoms with van der Waals surface area (Å²) in [6, 6.07) is 9.73. The summed E-state index contributed by atoms with van der Waals surface area (Å²) in [7, 11) is 0. The highest BCUT2D eigenvalue weighted by Gasteiger charge is 2.08. The van der Waals surface area contributed by atoms with Gasteiger partial charge in [-0.3, -0.25) is 0 Å². The number of hydrogen-bond donors (Lipinski definition) is 2. The van der Waals surface area contributed by atoms with Gasteiger partial charge in [-0.1, -0.05) is 33.6 Å². The van der Waals surface area contributed by atoms with E-state index in [9.17, 15) is 4.39 Å². The highest BCUT2D eigenvalue weighted by Crippen LogP contribution is 2.32. The smallest absolute Gasteiger partial charge is 0.146 e. The van der Waals surface area contributed by atoms with Crippen LogP contribution in [0.3, 0.4) is 0 Å². The normalized spacial score (nSPS) is 10.3. The monoisotopic (exact) mass is 314 g/mol. The third-order valence-electron chi connectivity index (χ3n) is 2.23. The zero-order valence-electron chi connectivity index (χ0n) is 8.68. The fourth-order valence-corrected chi connectivity index (χ4v) is 1.99. The third-order valence-corrected chi connectivity index (χ3v) is 3.04. The number of nitrogens with two attached hydrogens (primary N) is 1. The van der Waals surface area contributed by atoms with Gasteiger partial charge in [0.1, 0.15) is 5.82 Å². The van der Waals surface area contributed by atoms with Gasteiger partial charge in [-0.05, 0) is 30.3 Å². The summed E-state index contributed by atoms with van der Waals surface area (Å²) in [5, 5.41) is 3.34. The maximum absolute atomic E-state index is 13.6. The van der Waals surface area contributed by atoms with Gasteiger partial charge in [-0.15, -0.1) is 0 Å². The van der Waals surface area contributed by atoms with Gasteiger partial charge in [0.2, 0.25) is 0 Å². The first-order valence-corrected chi connectivity index (χ1v) is 6.01. The molecule has 17 heavy (non-hydrogen) atoms. The van der Waals surface area contributed by atoms with E-state index >= 15 is 0 Å². The lowest BCUT2D eigenvalue weighted by Gasteiger charge is -2.12. The van der Waals surface area contributed by atoms with Crippen LogP contribution in [-0.2, 0) is 0 Å². The second-order valence-electron chi connectivity index (χ2n) is 3.45. The molecule has 0 spiro atoms. The average molecular weight is 316 g/mol. The van der Waals surface area contributed by atoms with Gasteiger partial charge in [0.05, 0.1) is 22.1 Å². The number of benzene rings is 2. The Morgan fingerprint density at radius 2 is 2.00 bits per heavy atom. The van der Waals surface area contributed by atoms with Gasteiger partial charge in [-0.2, -0.15) is 0 Å². The quantitative estimate of drug-likeness (QED) is 0.797. The Bertz CT molecular complexity index is 540. The molecule has 0 heterocycles. The molecule has 2 aromatic rings. The maximum Gasteiger partial charge on any atom is 0.146 e. The molecule has 0 saturated carbocycles. The highest BCUT2D eigenvalue weighted by atomic mass is 79.9. The predicted octanol–water partition coefficient (Wildman–Crippen LogP) is 4.57. The Morgan fingerprint density at radius 3 is 2.71 bits per heavy atom. The molecule has 0 atom stereocenters. The van der Waals surface area contributed by atoms with Crippen molar-refractivity contribution in [3.05, 3.63) is 51.7 Å². The average Bonchev–Trinajstić information content (AvgIpc) is 2.28. The molecule has 0 unspecified atom stereocenters. The number of halogens is 3. The minimum atomic E-state index is -0.368. The van der Waals surface area contributed by atoms with E-state index in [2.05, 4.69) is 21.2 Å². The van der Waals surface area contributed by atoms with Gasteiger partial charge >= 0.3 is 0 Å². The molecule has 0 aliphatic heterocycles. The zero-order chi connectivity index (χ0) is 12.4. The number of hydrogen-bond acceptors (Lipinski definition) is 2. The first-order valence-electron chi connectivity index (χ1n) is 4.84. The summed E-state index contributed by atoms with van der Waals surface area (Å²) in [6.07, 6.45) is 0. The van der Waals surface area contributed by atoms with Gasteiger partial charge in [0.15, 0.2) is 0 Å². The second kappa shape index (κ2) is 4.94. The van der Waals surface area contributed by atoms with Crippen molar-refractivity contribution in [2.24, 2.45) is 0 Å². The van der Waals surface area contributed by atoms with Crippen LogP contribution in [0.5, 0.6) is 0 Å². The zero-order valence-corrected chi connectivity index (χ0v) is 11.0. The van der Waals surface area contributed by atoms with Crippen LogP contribution in [0.1, 0.15) is 0 Å². The predicted molar refractivity (Wildman–Crippen MR) is 73.2 cm³/mol. The van der Waals surface area contributed by atoms with Crippen LogP contribution in [0.2, 0.25) is 5.02 Å². The topological polar surface area (TPSA) is 38.0 Å². The first kappa shape index (κ1) is 12.2. The number of rotatable bonds is 2. The Balaban J connectivity index is 2.41. The molecule has 5 heteroatoms. The minimum absolute atomic E-state index is 0.319. The van der Waals surface area contributed by atoms with Crippen LogP contribution in [-0.4, -0.2) is 0 Å². The number of nitrogens with one attached hydrogen (secondary N) is 1. The summed E-state index contributed by atoms with van der Waals surface area (Å²) in [5.74, 6) is -0.368. The SMILES string of the molecule is Nc1cccc(Cl)c1Nc1cc(Br)ccc1F. The van der Waals surface area contributed by atoms with E-state index in [4.69, 9.17) is 17.3 Å². The summed E-state index contributed by atoms with van der Waals surface area (Å²) in [5.41, 5.74) is 7.07. The van der Waals surface area contributed by atoms with E-state index in [0.717, 1.165) is 4.47 Å². The highest BCUT2D eigenvalue weighted by molar-refractivity contribution is 9.10. The second-order valence-corrected chi connectivity index (χ2v) is 4.78. The Labute approximate surface area is 112 Å². The van der Waals surface area contributed by atoms with Crippen molar-refractivity contribution in [2.45, 2.75) is 0 Å². The summed E-state index contributed by atoms with van der Waals surface area (Å²) in [6.45, 7) is 0. The molecular weight excluding hydrogens is 307 g/mol. The number of anilines is 3. The van der Waals surface area contributed by atoms with E-state index in [1.807, 2.05) is 0 Å². The van der Waals surface area contributed by atoms with Crippen LogP contribution in [0.15, 0.2) is 40.9 Å². The molecule has 0 amide bonds. The van der Waals surface area contributed by atoms with Gasteiger partial charge in [-0.25, -0.2) is 4.39 Å². The van der Waals surface area contributed by atoms with Crippen LogP contribution in [0.4, 0.5) is 21.5 Å². The van der Waals surface area contributed by atoms with Crippen molar-refractivity contribution < 1.29 is 4.39 Å². The van der Waals surface area contributed by atoms with Gasteiger partial charge < -0.3 is 11.1 Å². The molecule has 0 aliphatic rings. The Morgan fingerprint density at radius 1 is 1.24 bits per heavy atom. The van der Waals surface area contributed by atoms with Crippen molar-refractivity contribution in [3.8, 4) is 0 Å². The summed E-state index contributed by atoms with van der Waals surface area (Å²) in [4.78, 5) is 0. The Hall–Kier alpha value is -1.26. The van der Waals surface area contributed by atoms with Crippen LogP contribution < -0.4 is 11.1 Å². The minimum Gasteiger partial charge on any atom is -0.397 e. The van der Waals surface area contributed by atoms with E-state index < -0.39 is 0 Å². The molecule has 2 rings (SSSR count). The van der Waals surface area contributed by atoms with Crippen molar-refractivity contribution >= 4 is 44.6 Å². The van der Waals surface area contributed by atoms with Crippen molar-refractivity contribution in [3.63, 3.8) is 0 Å². The first-order chi connectivity index (χ1) is 8.08. The number of nitrogen functional groups attached to an aromatic ring is 1. The van der Waals surface area contributed by atoms with Gasteiger partial charge in [0, 0.05) is 4.47 Å². The number of para-hydroxylation sites is 1. The Kier molecular flexibility index (Phi) is 3.54. The molecule has 0 saturated heterocycles. The largest absolute Gasteiger partial charge is 0.397 e. The van der Waals surface area contributed by atoms with Crippen LogP contribution in [0.25, 0.3) is 0 Å². The lowest BCUT2D eigenvalue weighted by Crippen LogP contribution is -1.98. The summed E-state index contributed by atoms with van der Waals surface area (Å²) < 4.78 is 14.3. The molecule has 3 N–H and O–H groups in total. The fraction of sp³-hybridized carbons (Fsp3) is 0. The van der Waals surface area contributed by atoms with E-state index in [1.165, 1.54) is 6.07 Å². The standard InChI is InChI=1S/C12H9BrClFN2/c13-7-4-5-9(15)11(6-7)17-12-8(14)2-1-3-10(12)16/h1-6,17H,16H2. The van der Waals surface area contributed by atoms with E-state index in [-0.39, 0.29) is 5.82 Å². The van der Waals surface area contributed by atoms with E-state index in [1.54, 1.807) is 30.3 Å². The molecule has 0 aromatic heterocycles. The van der Waals surface area contributed by atoms with Crippen LogP contribution in [0, 0.1) is 5.82 Å². The lowest BCUT2D eigenvalue weighted by atomic mass is 10.2. The fourth-order valence-electron chi connectivity index (χ4n) is 1.40. The van der Waals surface area contributed by atoms with Gasteiger partial charge in [0.25, 0.3) is 0 Å². The maximum atomic E-state index is 13.6. The van der Waals surface area contributed by atoms with Crippen molar-refractivity contribution in [1.82, 2.24) is 0 Å². The third kappa shape index (κ3) is 2.70. The van der Waals surface area contributed by atoms with Crippen molar-refractivity contribution in [1.29, 1.82) is 0 Å². The molecule has 88 valence electrons. The molecular formula is C12H9BrClFN2. The molecule has 0 fully saturated rings. The molecule has 0 radical (unpaired) electrons. The molecule has 0 bridgehead atoms. The summed E-state index contributed by atoms with van der Waals surface area (Å²) >= 11 is 9.27. The van der Waals surface area contributed by atoms with E-state index in [0.29, 0.717) is 22.1 Å². The van der Waals surface area contributed by atoms with Crippen molar-refractivity contribution in [2.75, 3.05) is 11.1 Å².